The molecular weight excluding hydrogens is 246 g/mol. The number of carboxylic acids is 1. The zero-order valence-corrected chi connectivity index (χ0v) is 10.6. The molecule has 0 bridgehead atoms. The predicted octanol–water partition coefficient (Wildman–Crippen LogP) is 1.19. The van der Waals surface area contributed by atoms with Gasteiger partial charge in [0.25, 0.3) is 0 Å². The molecule has 0 aliphatic heterocycles. The van der Waals surface area contributed by atoms with Crippen molar-refractivity contribution in [3.05, 3.63) is 41.1 Å². The van der Waals surface area contributed by atoms with E-state index in [0.29, 0.717) is 17.8 Å². The SMILES string of the molecule is Cc1nnc(NCc2ccncn2)c(C(=O)O)c1C. The first-order valence-corrected chi connectivity index (χ1v) is 5.65. The molecule has 0 unspecified atom stereocenters. The van der Waals surface area contributed by atoms with Crippen molar-refractivity contribution in [2.75, 3.05) is 5.32 Å². The summed E-state index contributed by atoms with van der Waals surface area (Å²) >= 11 is 0. The van der Waals surface area contributed by atoms with E-state index in [0.717, 1.165) is 5.69 Å². The Morgan fingerprint density at radius 2 is 2.16 bits per heavy atom. The first kappa shape index (κ1) is 12.9. The molecule has 2 rings (SSSR count). The molecule has 2 aromatic heterocycles. The summed E-state index contributed by atoms with van der Waals surface area (Å²) < 4.78 is 0. The zero-order chi connectivity index (χ0) is 13.8. The molecule has 2 aromatic rings. The molecule has 0 radical (unpaired) electrons. The van der Waals surface area contributed by atoms with Gasteiger partial charge in [0.1, 0.15) is 11.9 Å². The van der Waals surface area contributed by atoms with Gasteiger partial charge in [-0.25, -0.2) is 14.8 Å². The van der Waals surface area contributed by atoms with Crippen LogP contribution in [-0.4, -0.2) is 31.2 Å². The van der Waals surface area contributed by atoms with Gasteiger partial charge in [0.15, 0.2) is 5.82 Å². The molecule has 0 aliphatic rings. The fourth-order valence-electron chi connectivity index (χ4n) is 1.59. The lowest BCUT2D eigenvalue weighted by Crippen LogP contribution is -2.13. The van der Waals surface area contributed by atoms with Gasteiger partial charge in [-0.15, -0.1) is 5.10 Å². The van der Waals surface area contributed by atoms with Crippen molar-refractivity contribution < 1.29 is 9.90 Å². The summed E-state index contributed by atoms with van der Waals surface area (Å²) in [4.78, 5) is 19.1. The Morgan fingerprint density at radius 1 is 1.37 bits per heavy atom. The Kier molecular flexibility index (Phi) is 3.65. The number of hydrogen-bond acceptors (Lipinski definition) is 6. The molecule has 2 heterocycles. The molecule has 0 spiro atoms. The monoisotopic (exact) mass is 259 g/mol. The average molecular weight is 259 g/mol. The highest BCUT2D eigenvalue weighted by Gasteiger charge is 2.17. The Labute approximate surface area is 109 Å². The van der Waals surface area contributed by atoms with Gasteiger partial charge in [0.2, 0.25) is 0 Å². The smallest absolute Gasteiger partial charge is 0.339 e. The van der Waals surface area contributed by atoms with Crippen molar-refractivity contribution in [3.8, 4) is 0 Å². The number of carboxylic acid groups (broad SMARTS) is 1. The lowest BCUT2D eigenvalue weighted by atomic mass is 10.1. The average Bonchev–Trinajstić information content (AvgIpc) is 2.41. The van der Waals surface area contributed by atoms with E-state index in [9.17, 15) is 9.90 Å². The maximum atomic E-state index is 11.3. The van der Waals surface area contributed by atoms with Crippen LogP contribution in [0.25, 0.3) is 0 Å². The molecule has 0 fully saturated rings. The van der Waals surface area contributed by atoms with Gasteiger partial charge in [-0.2, -0.15) is 5.10 Å². The molecule has 0 saturated carbocycles. The van der Waals surface area contributed by atoms with Gasteiger partial charge in [0.05, 0.1) is 17.9 Å². The summed E-state index contributed by atoms with van der Waals surface area (Å²) in [7, 11) is 0. The van der Waals surface area contributed by atoms with E-state index < -0.39 is 5.97 Å². The lowest BCUT2D eigenvalue weighted by molar-refractivity contribution is 0.0696. The van der Waals surface area contributed by atoms with Crippen molar-refractivity contribution >= 4 is 11.8 Å². The van der Waals surface area contributed by atoms with Crippen LogP contribution in [0.1, 0.15) is 27.3 Å². The maximum Gasteiger partial charge on any atom is 0.339 e. The summed E-state index contributed by atoms with van der Waals surface area (Å²) in [6, 6.07) is 1.74. The van der Waals surface area contributed by atoms with Gasteiger partial charge in [-0.3, -0.25) is 0 Å². The van der Waals surface area contributed by atoms with Crippen LogP contribution in [0.4, 0.5) is 5.82 Å². The van der Waals surface area contributed by atoms with Crippen LogP contribution in [0, 0.1) is 13.8 Å². The molecule has 0 saturated heterocycles. The zero-order valence-electron chi connectivity index (χ0n) is 10.6. The molecule has 0 amide bonds. The topological polar surface area (TPSA) is 101 Å². The maximum absolute atomic E-state index is 11.3. The number of nitrogens with one attached hydrogen (secondary N) is 1. The van der Waals surface area contributed by atoms with Crippen LogP contribution in [0.15, 0.2) is 18.6 Å². The van der Waals surface area contributed by atoms with Crippen molar-refractivity contribution in [2.45, 2.75) is 20.4 Å². The molecule has 2 N–H and O–H groups in total. The quantitative estimate of drug-likeness (QED) is 0.850. The minimum absolute atomic E-state index is 0.140. The Balaban J connectivity index is 2.26. The first-order valence-electron chi connectivity index (χ1n) is 5.65. The highest BCUT2D eigenvalue weighted by molar-refractivity contribution is 5.94. The van der Waals surface area contributed by atoms with E-state index in [1.54, 1.807) is 26.1 Å². The van der Waals surface area contributed by atoms with Crippen LogP contribution in [-0.2, 0) is 6.54 Å². The standard InChI is InChI=1S/C12H13N5O2/c1-7-8(2)16-17-11(10(7)12(18)19)14-5-9-3-4-13-6-15-9/h3-4,6H,5H2,1-2H3,(H,14,17)(H,18,19). The molecular formula is C12H13N5O2. The number of aromatic nitrogens is 4. The van der Waals surface area contributed by atoms with Crippen molar-refractivity contribution in [3.63, 3.8) is 0 Å². The number of aromatic carboxylic acids is 1. The summed E-state index contributed by atoms with van der Waals surface area (Å²) in [5.74, 6) is -0.783. The van der Waals surface area contributed by atoms with Crippen molar-refractivity contribution in [1.82, 2.24) is 20.2 Å². The molecule has 0 aliphatic carbocycles. The number of rotatable bonds is 4. The summed E-state index contributed by atoms with van der Waals surface area (Å²) in [5.41, 5.74) is 2.09. The molecule has 19 heavy (non-hydrogen) atoms. The van der Waals surface area contributed by atoms with Crippen molar-refractivity contribution in [2.24, 2.45) is 0 Å². The minimum atomic E-state index is -1.03. The number of hydrogen-bond donors (Lipinski definition) is 2. The number of nitrogens with zero attached hydrogens (tertiary/aromatic N) is 4. The highest BCUT2D eigenvalue weighted by Crippen LogP contribution is 2.18. The van der Waals surface area contributed by atoms with Gasteiger partial charge >= 0.3 is 5.97 Å². The Morgan fingerprint density at radius 3 is 2.79 bits per heavy atom. The third kappa shape index (κ3) is 2.82. The molecule has 7 nitrogen and oxygen atoms in total. The van der Waals surface area contributed by atoms with Crippen LogP contribution < -0.4 is 5.32 Å². The first-order chi connectivity index (χ1) is 9.09. The van der Waals surface area contributed by atoms with Crippen LogP contribution in [0.5, 0.6) is 0 Å². The van der Waals surface area contributed by atoms with E-state index in [1.807, 2.05) is 0 Å². The van der Waals surface area contributed by atoms with E-state index in [-0.39, 0.29) is 11.4 Å². The normalized spacial score (nSPS) is 10.2. The van der Waals surface area contributed by atoms with E-state index in [1.165, 1.54) is 6.33 Å². The summed E-state index contributed by atoms with van der Waals surface area (Å²) in [6.07, 6.45) is 3.05. The fraction of sp³-hybridized carbons (Fsp3) is 0.250. The predicted molar refractivity (Wildman–Crippen MR) is 67.8 cm³/mol. The van der Waals surface area contributed by atoms with E-state index >= 15 is 0 Å². The van der Waals surface area contributed by atoms with E-state index in [2.05, 4.69) is 25.5 Å². The van der Waals surface area contributed by atoms with E-state index in [4.69, 9.17) is 0 Å². The molecule has 0 aromatic carbocycles. The Bertz CT molecular complexity index is 601. The minimum Gasteiger partial charge on any atom is -0.478 e. The molecule has 98 valence electrons. The number of anilines is 1. The number of carbonyl (C=O) groups is 1. The summed E-state index contributed by atoms with van der Waals surface area (Å²) in [5, 5.41) is 20.0. The molecule has 0 atom stereocenters. The third-order valence-electron chi connectivity index (χ3n) is 2.75. The summed E-state index contributed by atoms with van der Waals surface area (Å²) in [6.45, 7) is 3.80. The number of aryl methyl sites for hydroxylation is 1. The largest absolute Gasteiger partial charge is 0.478 e. The van der Waals surface area contributed by atoms with Crippen LogP contribution >= 0.6 is 0 Å². The lowest BCUT2D eigenvalue weighted by Gasteiger charge is -2.10. The van der Waals surface area contributed by atoms with Gasteiger partial charge in [-0.1, -0.05) is 0 Å². The Hall–Kier alpha value is -2.57. The van der Waals surface area contributed by atoms with Crippen molar-refractivity contribution in [1.29, 1.82) is 0 Å². The highest BCUT2D eigenvalue weighted by atomic mass is 16.4. The van der Waals surface area contributed by atoms with Crippen LogP contribution in [0.3, 0.4) is 0 Å². The van der Waals surface area contributed by atoms with Gasteiger partial charge in [-0.05, 0) is 25.5 Å². The molecule has 7 heteroatoms. The third-order valence-corrected chi connectivity index (χ3v) is 2.75. The fourth-order valence-corrected chi connectivity index (χ4v) is 1.59. The van der Waals surface area contributed by atoms with Gasteiger partial charge < -0.3 is 10.4 Å². The second kappa shape index (κ2) is 5.38. The van der Waals surface area contributed by atoms with Gasteiger partial charge in [0, 0.05) is 6.20 Å². The second-order valence-electron chi connectivity index (χ2n) is 3.99. The second-order valence-corrected chi connectivity index (χ2v) is 3.99. The van der Waals surface area contributed by atoms with Crippen LogP contribution in [0.2, 0.25) is 0 Å².